The average Bonchev–Trinajstić information content (AvgIpc) is 3.13. The molecule has 0 fully saturated rings. The van der Waals surface area contributed by atoms with Gasteiger partial charge in [-0.2, -0.15) is 0 Å². The second-order valence-corrected chi connectivity index (χ2v) is 11.4. The lowest BCUT2D eigenvalue weighted by molar-refractivity contribution is 1.30. The van der Waals surface area contributed by atoms with Gasteiger partial charge in [-0.05, 0) is 85.9 Å². The maximum absolute atomic E-state index is 2.39. The molecule has 0 bridgehead atoms. The van der Waals surface area contributed by atoms with E-state index in [1.165, 1.54) is 60.6 Å². The Bertz CT molecular complexity index is 2240. The Morgan fingerprint density at radius 2 is 0.800 bits per heavy atom. The van der Waals surface area contributed by atoms with Crippen molar-refractivity contribution in [2.75, 3.05) is 4.90 Å². The molecule has 0 aliphatic carbocycles. The summed E-state index contributed by atoms with van der Waals surface area (Å²) in [5.74, 6) is 0. The second-order valence-electron chi connectivity index (χ2n) is 11.4. The smallest absolute Gasteiger partial charge is 0.0546 e. The Morgan fingerprint density at radius 3 is 1.51 bits per heavy atom. The van der Waals surface area contributed by atoms with Crippen molar-refractivity contribution in [2.24, 2.45) is 0 Å². The minimum atomic E-state index is 1.12. The van der Waals surface area contributed by atoms with Crippen molar-refractivity contribution < 1.29 is 0 Å². The van der Waals surface area contributed by atoms with Crippen molar-refractivity contribution in [1.29, 1.82) is 0 Å². The van der Waals surface area contributed by atoms with Crippen LogP contribution < -0.4 is 4.90 Å². The molecule has 1 heteroatoms. The Labute approximate surface area is 264 Å². The lowest BCUT2D eigenvalue weighted by Crippen LogP contribution is -2.10. The largest absolute Gasteiger partial charge is 0.310 e. The third kappa shape index (κ3) is 5.05. The van der Waals surface area contributed by atoms with Crippen LogP contribution in [0, 0.1) is 0 Å². The fourth-order valence-corrected chi connectivity index (χ4v) is 6.48. The monoisotopic (exact) mass is 573 g/mol. The number of benzene rings is 8. The molecule has 0 unspecified atom stereocenters. The molecule has 0 spiro atoms. The van der Waals surface area contributed by atoms with Gasteiger partial charge in [0.25, 0.3) is 0 Å². The van der Waals surface area contributed by atoms with Crippen LogP contribution in [0.25, 0.3) is 54.9 Å². The highest BCUT2D eigenvalue weighted by Gasteiger charge is 2.18. The van der Waals surface area contributed by atoms with Crippen LogP contribution in [0.5, 0.6) is 0 Å². The molecule has 0 aromatic heterocycles. The molecule has 8 aromatic carbocycles. The van der Waals surface area contributed by atoms with Gasteiger partial charge in [-0.25, -0.2) is 0 Å². The summed E-state index contributed by atoms with van der Waals surface area (Å²) in [4.78, 5) is 2.39. The molecule has 8 aromatic rings. The van der Waals surface area contributed by atoms with Crippen molar-refractivity contribution in [3.05, 3.63) is 188 Å². The summed E-state index contributed by atoms with van der Waals surface area (Å²) >= 11 is 0. The second kappa shape index (κ2) is 11.6. The van der Waals surface area contributed by atoms with Crippen LogP contribution in [0.1, 0.15) is 0 Å². The number of anilines is 3. The van der Waals surface area contributed by atoms with Crippen molar-refractivity contribution >= 4 is 38.6 Å². The Hall–Kier alpha value is -5.92. The van der Waals surface area contributed by atoms with Gasteiger partial charge in [-0.1, -0.05) is 152 Å². The minimum absolute atomic E-state index is 1.12. The molecule has 0 N–H and O–H groups in total. The van der Waals surface area contributed by atoms with Crippen LogP contribution in [0.15, 0.2) is 188 Å². The van der Waals surface area contributed by atoms with Gasteiger partial charge >= 0.3 is 0 Å². The molecule has 0 heterocycles. The first-order valence-corrected chi connectivity index (χ1v) is 15.4. The number of rotatable bonds is 6. The number of hydrogen-bond donors (Lipinski definition) is 0. The highest BCUT2D eigenvalue weighted by molar-refractivity contribution is 6.14. The molecule has 0 aliphatic rings. The van der Waals surface area contributed by atoms with Gasteiger partial charge in [0.15, 0.2) is 0 Å². The van der Waals surface area contributed by atoms with Gasteiger partial charge in [0, 0.05) is 16.8 Å². The van der Waals surface area contributed by atoms with E-state index < -0.39 is 0 Å². The number of para-hydroxylation sites is 1. The zero-order valence-corrected chi connectivity index (χ0v) is 24.8. The molecule has 45 heavy (non-hydrogen) atoms. The van der Waals surface area contributed by atoms with Crippen LogP contribution in [0.2, 0.25) is 0 Å². The zero-order valence-electron chi connectivity index (χ0n) is 24.8. The van der Waals surface area contributed by atoms with E-state index in [0.29, 0.717) is 0 Å². The zero-order chi connectivity index (χ0) is 30.0. The summed E-state index contributed by atoms with van der Waals surface area (Å²) in [6.07, 6.45) is 0. The summed E-state index contributed by atoms with van der Waals surface area (Å²) in [5.41, 5.74) is 10.7. The van der Waals surface area contributed by atoms with E-state index in [4.69, 9.17) is 0 Å². The van der Waals surface area contributed by atoms with Crippen LogP contribution in [-0.4, -0.2) is 0 Å². The third-order valence-electron chi connectivity index (χ3n) is 8.65. The quantitative estimate of drug-likeness (QED) is 0.179. The van der Waals surface area contributed by atoms with E-state index >= 15 is 0 Å². The summed E-state index contributed by atoms with van der Waals surface area (Å²) in [5, 5.41) is 4.99. The van der Waals surface area contributed by atoms with Crippen molar-refractivity contribution in [2.45, 2.75) is 0 Å². The molecule has 0 aliphatic heterocycles. The van der Waals surface area contributed by atoms with E-state index in [0.717, 1.165) is 11.4 Å². The lowest BCUT2D eigenvalue weighted by atomic mass is 9.91. The van der Waals surface area contributed by atoms with Gasteiger partial charge in [0.05, 0.1) is 5.69 Å². The fraction of sp³-hybridized carbons (Fsp3) is 0. The van der Waals surface area contributed by atoms with Gasteiger partial charge in [0.1, 0.15) is 0 Å². The average molecular weight is 574 g/mol. The maximum Gasteiger partial charge on any atom is 0.0546 e. The van der Waals surface area contributed by atoms with Gasteiger partial charge in [-0.15, -0.1) is 0 Å². The molecule has 0 saturated carbocycles. The van der Waals surface area contributed by atoms with Gasteiger partial charge in [0.2, 0.25) is 0 Å². The molecule has 212 valence electrons. The molecule has 8 rings (SSSR count). The standard InChI is InChI=1S/C44H31N/c1-4-14-32(15-5-1)35-26-29-40(33-16-6-2-7-17-33)43(30-35)34-24-27-38(28-25-34)45(37-19-8-3-9-20-37)44-31-36-18-10-11-21-39(36)41-22-12-13-23-42(41)44/h1-31H. The highest BCUT2D eigenvalue weighted by atomic mass is 15.1. The fourth-order valence-electron chi connectivity index (χ4n) is 6.48. The summed E-state index contributed by atoms with van der Waals surface area (Å²) in [7, 11) is 0. The van der Waals surface area contributed by atoms with E-state index in [1.54, 1.807) is 0 Å². The van der Waals surface area contributed by atoms with E-state index in [1.807, 2.05) is 0 Å². The van der Waals surface area contributed by atoms with Crippen LogP contribution in [0.3, 0.4) is 0 Å². The normalized spacial score (nSPS) is 11.1. The summed E-state index contributed by atoms with van der Waals surface area (Å²) in [6.45, 7) is 0. The molecular formula is C44H31N. The first kappa shape index (κ1) is 26.7. The SMILES string of the molecule is c1ccc(-c2ccc(-c3ccccc3)c(-c3ccc(N(c4ccccc4)c4cc5ccccc5c5ccccc45)cc3)c2)cc1. The molecule has 0 radical (unpaired) electrons. The topological polar surface area (TPSA) is 3.24 Å². The van der Waals surface area contributed by atoms with E-state index in [2.05, 4.69) is 193 Å². The maximum atomic E-state index is 2.39. The van der Waals surface area contributed by atoms with Crippen molar-refractivity contribution in [3.8, 4) is 33.4 Å². The number of fused-ring (bicyclic) bond motifs is 3. The van der Waals surface area contributed by atoms with Gasteiger partial charge < -0.3 is 4.90 Å². The third-order valence-corrected chi connectivity index (χ3v) is 8.65. The van der Waals surface area contributed by atoms with Crippen LogP contribution in [-0.2, 0) is 0 Å². The van der Waals surface area contributed by atoms with Crippen LogP contribution >= 0.6 is 0 Å². The molecular weight excluding hydrogens is 542 g/mol. The number of nitrogens with zero attached hydrogens (tertiary/aromatic N) is 1. The lowest BCUT2D eigenvalue weighted by Gasteiger charge is -2.28. The Kier molecular flexibility index (Phi) is 6.90. The minimum Gasteiger partial charge on any atom is -0.310 e. The predicted octanol–water partition coefficient (Wildman–Crippen LogP) is 12.5. The number of hydrogen-bond acceptors (Lipinski definition) is 1. The molecule has 1 nitrogen and oxygen atoms in total. The molecule has 0 atom stereocenters. The Balaban J connectivity index is 1.30. The van der Waals surface area contributed by atoms with E-state index in [-0.39, 0.29) is 0 Å². The summed E-state index contributed by atoms with van der Waals surface area (Å²) in [6, 6.07) is 67.6. The first-order valence-electron chi connectivity index (χ1n) is 15.4. The first-order chi connectivity index (χ1) is 22.3. The Morgan fingerprint density at radius 1 is 0.289 bits per heavy atom. The molecule has 0 amide bonds. The van der Waals surface area contributed by atoms with E-state index in [9.17, 15) is 0 Å². The molecule has 0 saturated heterocycles. The predicted molar refractivity (Wildman–Crippen MR) is 192 cm³/mol. The van der Waals surface area contributed by atoms with Crippen LogP contribution in [0.4, 0.5) is 17.1 Å². The van der Waals surface area contributed by atoms with Gasteiger partial charge in [-0.3, -0.25) is 0 Å². The summed E-state index contributed by atoms with van der Waals surface area (Å²) < 4.78 is 0. The van der Waals surface area contributed by atoms with Crippen molar-refractivity contribution in [3.63, 3.8) is 0 Å². The highest BCUT2D eigenvalue weighted by Crippen LogP contribution is 2.43. The van der Waals surface area contributed by atoms with Crippen molar-refractivity contribution in [1.82, 2.24) is 0 Å².